The minimum absolute atomic E-state index is 0.0851. The summed E-state index contributed by atoms with van der Waals surface area (Å²) in [5, 5.41) is 3.55. The average Bonchev–Trinajstić information content (AvgIpc) is 2.61. The first-order valence-electron chi connectivity index (χ1n) is 8.28. The van der Waals surface area contributed by atoms with Gasteiger partial charge in [-0.15, -0.1) is 0 Å². The molecule has 26 heavy (non-hydrogen) atoms. The highest BCUT2D eigenvalue weighted by Gasteiger charge is 2.23. The number of amides is 2. The van der Waals surface area contributed by atoms with Crippen LogP contribution in [0.25, 0.3) is 0 Å². The van der Waals surface area contributed by atoms with Crippen LogP contribution in [0, 0.1) is 0 Å². The first kappa shape index (κ1) is 18.7. The molecular formula is C19H19Cl2N3O2. The Morgan fingerprint density at radius 3 is 2.23 bits per heavy atom. The third kappa shape index (κ3) is 4.36. The van der Waals surface area contributed by atoms with Crippen molar-refractivity contribution in [2.45, 2.75) is 0 Å². The molecule has 3 rings (SSSR count). The van der Waals surface area contributed by atoms with Crippen LogP contribution in [0.2, 0.25) is 10.0 Å². The summed E-state index contributed by atoms with van der Waals surface area (Å²) >= 11 is 11.9. The van der Waals surface area contributed by atoms with Crippen LogP contribution in [0.4, 0.5) is 5.69 Å². The monoisotopic (exact) mass is 391 g/mol. The first-order valence-corrected chi connectivity index (χ1v) is 9.04. The van der Waals surface area contributed by atoms with Gasteiger partial charge in [0, 0.05) is 41.8 Å². The lowest BCUT2D eigenvalue weighted by Gasteiger charge is -2.32. The Morgan fingerprint density at radius 1 is 0.962 bits per heavy atom. The van der Waals surface area contributed by atoms with Gasteiger partial charge in [0.1, 0.15) is 0 Å². The summed E-state index contributed by atoms with van der Waals surface area (Å²) < 4.78 is 0. The highest BCUT2D eigenvalue weighted by molar-refractivity contribution is 6.35. The number of benzene rings is 2. The van der Waals surface area contributed by atoms with Gasteiger partial charge in [-0.1, -0.05) is 35.3 Å². The SMILES string of the molecule is CN1CCN(C(=O)c2ccccc2NC(=O)c2cc(Cl)cc(Cl)c2)CC1. The Balaban J connectivity index is 1.80. The van der Waals surface area contributed by atoms with Crippen LogP contribution < -0.4 is 5.32 Å². The van der Waals surface area contributed by atoms with Crippen molar-refractivity contribution in [1.82, 2.24) is 9.80 Å². The fourth-order valence-corrected chi connectivity index (χ4v) is 3.36. The summed E-state index contributed by atoms with van der Waals surface area (Å²) in [5.41, 5.74) is 1.28. The molecular weight excluding hydrogens is 373 g/mol. The molecule has 7 heteroatoms. The molecule has 2 aromatic carbocycles. The zero-order valence-electron chi connectivity index (χ0n) is 14.3. The maximum atomic E-state index is 12.9. The normalized spacial score (nSPS) is 15.0. The van der Waals surface area contributed by atoms with E-state index in [9.17, 15) is 9.59 Å². The van der Waals surface area contributed by atoms with Crippen LogP contribution in [0.5, 0.6) is 0 Å². The van der Waals surface area contributed by atoms with E-state index in [0.717, 1.165) is 13.1 Å². The topological polar surface area (TPSA) is 52.6 Å². The Hall–Kier alpha value is -2.08. The summed E-state index contributed by atoms with van der Waals surface area (Å²) in [6, 6.07) is 11.6. The molecule has 1 saturated heterocycles. The third-order valence-electron chi connectivity index (χ3n) is 4.32. The maximum Gasteiger partial charge on any atom is 0.256 e. The molecule has 0 aliphatic carbocycles. The molecule has 0 aromatic heterocycles. The van der Waals surface area contributed by atoms with Crippen molar-refractivity contribution in [3.63, 3.8) is 0 Å². The van der Waals surface area contributed by atoms with Crippen molar-refractivity contribution in [3.8, 4) is 0 Å². The number of hydrogen-bond acceptors (Lipinski definition) is 3. The molecule has 2 aromatic rings. The fourth-order valence-electron chi connectivity index (χ4n) is 2.84. The number of carbonyl (C=O) groups excluding carboxylic acids is 2. The van der Waals surface area contributed by atoms with E-state index in [1.807, 2.05) is 7.05 Å². The summed E-state index contributed by atoms with van der Waals surface area (Å²) in [4.78, 5) is 29.4. The number of nitrogens with zero attached hydrogens (tertiary/aromatic N) is 2. The van der Waals surface area contributed by atoms with Gasteiger partial charge in [0.05, 0.1) is 11.3 Å². The quantitative estimate of drug-likeness (QED) is 0.868. The van der Waals surface area contributed by atoms with Gasteiger partial charge in [-0.3, -0.25) is 9.59 Å². The van der Waals surface area contributed by atoms with E-state index < -0.39 is 0 Å². The standard InChI is InChI=1S/C19H19Cl2N3O2/c1-23-6-8-24(9-7-23)19(26)16-4-2-3-5-17(16)22-18(25)13-10-14(20)12-15(21)11-13/h2-5,10-12H,6-9H2,1H3,(H,22,25). The lowest BCUT2D eigenvalue weighted by atomic mass is 10.1. The maximum absolute atomic E-state index is 12.9. The number of piperazine rings is 1. The fraction of sp³-hybridized carbons (Fsp3) is 0.263. The van der Waals surface area contributed by atoms with Crippen molar-refractivity contribution < 1.29 is 9.59 Å². The number of nitrogens with one attached hydrogen (secondary N) is 1. The highest BCUT2D eigenvalue weighted by Crippen LogP contribution is 2.22. The molecule has 136 valence electrons. The van der Waals surface area contributed by atoms with Gasteiger partial charge in [-0.2, -0.15) is 0 Å². The van der Waals surface area contributed by atoms with E-state index in [1.54, 1.807) is 35.2 Å². The molecule has 0 atom stereocenters. The first-order chi connectivity index (χ1) is 12.4. The summed E-state index contributed by atoms with van der Waals surface area (Å²) in [5.74, 6) is -0.453. The molecule has 5 nitrogen and oxygen atoms in total. The zero-order chi connectivity index (χ0) is 18.7. The Bertz CT molecular complexity index is 813. The Morgan fingerprint density at radius 2 is 1.58 bits per heavy atom. The van der Waals surface area contributed by atoms with Gasteiger partial charge in [0.25, 0.3) is 11.8 Å². The molecule has 0 saturated carbocycles. The van der Waals surface area contributed by atoms with E-state index >= 15 is 0 Å². The van der Waals surface area contributed by atoms with Crippen LogP contribution in [-0.2, 0) is 0 Å². The minimum Gasteiger partial charge on any atom is -0.336 e. The average molecular weight is 392 g/mol. The molecule has 1 aliphatic rings. The Labute approximate surface area is 162 Å². The third-order valence-corrected chi connectivity index (χ3v) is 4.76. The molecule has 1 N–H and O–H groups in total. The number of rotatable bonds is 3. The van der Waals surface area contributed by atoms with E-state index in [0.29, 0.717) is 39.9 Å². The van der Waals surface area contributed by atoms with Crippen LogP contribution in [0.3, 0.4) is 0 Å². The molecule has 0 radical (unpaired) electrons. The van der Waals surface area contributed by atoms with Crippen molar-refractivity contribution in [3.05, 3.63) is 63.6 Å². The highest BCUT2D eigenvalue weighted by atomic mass is 35.5. The second-order valence-electron chi connectivity index (χ2n) is 6.25. The van der Waals surface area contributed by atoms with Crippen molar-refractivity contribution in [2.24, 2.45) is 0 Å². The van der Waals surface area contributed by atoms with Gasteiger partial charge in [-0.05, 0) is 37.4 Å². The molecule has 1 fully saturated rings. The molecule has 0 unspecified atom stereocenters. The van der Waals surface area contributed by atoms with Crippen LogP contribution in [-0.4, -0.2) is 54.8 Å². The number of anilines is 1. The zero-order valence-corrected chi connectivity index (χ0v) is 15.8. The summed E-state index contributed by atoms with van der Waals surface area (Å²) in [6.45, 7) is 3.01. The number of halogens is 2. The Kier molecular flexibility index (Phi) is 5.81. The predicted octanol–water partition coefficient (Wildman–Crippen LogP) is 3.63. The van der Waals surface area contributed by atoms with Gasteiger partial charge in [0.2, 0.25) is 0 Å². The van der Waals surface area contributed by atoms with Crippen molar-refractivity contribution in [2.75, 3.05) is 38.5 Å². The van der Waals surface area contributed by atoms with E-state index in [4.69, 9.17) is 23.2 Å². The van der Waals surface area contributed by atoms with Crippen LogP contribution in [0.1, 0.15) is 20.7 Å². The van der Waals surface area contributed by atoms with Crippen LogP contribution in [0.15, 0.2) is 42.5 Å². The van der Waals surface area contributed by atoms with E-state index in [2.05, 4.69) is 10.2 Å². The van der Waals surface area contributed by atoms with Gasteiger partial charge >= 0.3 is 0 Å². The molecule has 1 heterocycles. The minimum atomic E-state index is -0.368. The summed E-state index contributed by atoms with van der Waals surface area (Å²) in [7, 11) is 2.03. The largest absolute Gasteiger partial charge is 0.336 e. The molecule has 0 bridgehead atoms. The lowest BCUT2D eigenvalue weighted by Crippen LogP contribution is -2.47. The summed E-state index contributed by atoms with van der Waals surface area (Å²) in [6.07, 6.45) is 0. The lowest BCUT2D eigenvalue weighted by molar-refractivity contribution is 0.0665. The van der Waals surface area contributed by atoms with E-state index in [-0.39, 0.29) is 11.8 Å². The van der Waals surface area contributed by atoms with Gasteiger partial charge in [-0.25, -0.2) is 0 Å². The number of likely N-dealkylation sites (N-methyl/N-ethyl adjacent to an activating group) is 1. The molecule has 0 spiro atoms. The predicted molar refractivity (Wildman–Crippen MR) is 104 cm³/mol. The smallest absolute Gasteiger partial charge is 0.256 e. The van der Waals surface area contributed by atoms with Gasteiger partial charge < -0.3 is 15.1 Å². The molecule has 2 amide bonds. The molecule has 1 aliphatic heterocycles. The van der Waals surface area contributed by atoms with Crippen molar-refractivity contribution in [1.29, 1.82) is 0 Å². The van der Waals surface area contributed by atoms with Crippen LogP contribution >= 0.6 is 23.2 Å². The second kappa shape index (κ2) is 8.08. The number of hydrogen-bond donors (Lipinski definition) is 1. The second-order valence-corrected chi connectivity index (χ2v) is 7.13. The van der Waals surface area contributed by atoms with Crippen molar-refractivity contribution >= 4 is 40.7 Å². The van der Waals surface area contributed by atoms with Gasteiger partial charge in [0.15, 0.2) is 0 Å². The number of para-hydroxylation sites is 1. The number of carbonyl (C=O) groups is 2. The van der Waals surface area contributed by atoms with E-state index in [1.165, 1.54) is 12.1 Å².